The second-order valence-corrected chi connectivity index (χ2v) is 3.95. The minimum Gasteiger partial charge on any atom is -0.491 e. The summed E-state index contributed by atoms with van der Waals surface area (Å²) in [6.45, 7) is -0.171. The average Bonchev–Trinajstić information content (AvgIpc) is 2.41. The zero-order valence-electron chi connectivity index (χ0n) is 10.7. The summed E-state index contributed by atoms with van der Waals surface area (Å²) in [6, 6.07) is 3.68. The number of ether oxygens (including phenoxy) is 1. The summed E-state index contributed by atoms with van der Waals surface area (Å²) in [5.41, 5.74) is -0.772. The summed E-state index contributed by atoms with van der Waals surface area (Å²) in [5, 5.41) is 14.2. The smallest absolute Gasteiger partial charge is 0.416 e. The average molecular weight is 292 g/mol. The molecular formula is C12H15F3N2O3. The van der Waals surface area contributed by atoms with E-state index in [4.69, 9.17) is 4.74 Å². The Morgan fingerprint density at radius 3 is 2.45 bits per heavy atom. The van der Waals surface area contributed by atoms with Crippen molar-refractivity contribution in [2.75, 3.05) is 20.2 Å². The van der Waals surface area contributed by atoms with Crippen molar-refractivity contribution < 1.29 is 27.8 Å². The Kier molecular flexibility index (Phi) is 5.63. The van der Waals surface area contributed by atoms with Crippen molar-refractivity contribution in [1.29, 1.82) is 0 Å². The highest BCUT2D eigenvalue weighted by Crippen LogP contribution is 2.30. The van der Waals surface area contributed by atoms with Gasteiger partial charge in [0.15, 0.2) is 0 Å². The third-order valence-electron chi connectivity index (χ3n) is 2.35. The molecule has 0 aliphatic rings. The van der Waals surface area contributed by atoms with Crippen LogP contribution < -0.4 is 15.4 Å². The van der Waals surface area contributed by atoms with E-state index in [2.05, 4.69) is 10.6 Å². The highest BCUT2D eigenvalue weighted by atomic mass is 19.4. The van der Waals surface area contributed by atoms with Crippen LogP contribution in [0.3, 0.4) is 0 Å². The molecule has 0 unspecified atom stereocenters. The van der Waals surface area contributed by atoms with E-state index in [1.54, 1.807) is 0 Å². The maximum atomic E-state index is 12.3. The molecule has 0 bridgehead atoms. The number of hydrogen-bond acceptors (Lipinski definition) is 3. The number of carbonyl (C=O) groups excluding carboxylic acids is 1. The molecule has 0 aliphatic heterocycles. The second-order valence-electron chi connectivity index (χ2n) is 3.95. The van der Waals surface area contributed by atoms with E-state index in [9.17, 15) is 23.1 Å². The van der Waals surface area contributed by atoms with Crippen LogP contribution in [-0.4, -0.2) is 37.4 Å². The van der Waals surface area contributed by atoms with Crippen LogP contribution in [0.25, 0.3) is 0 Å². The molecule has 0 aromatic heterocycles. The van der Waals surface area contributed by atoms with Gasteiger partial charge in [-0.15, -0.1) is 0 Å². The monoisotopic (exact) mass is 292 g/mol. The van der Waals surface area contributed by atoms with Gasteiger partial charge < -0.3 is 20.5 Å². The van der Waals surface area contributed by atoms with Gasteiger partial charge in [0.25, 0.3) is 0 Å². The van der Waals surface area contributed by atoms with Crippen molar-refractivity contribution in [1.82, 2.24) is 10.6 Å². The zero-order chi connectivity index (χ0) is 15.2. The summed E-state index contributed by atoms with van der Waals surface area (Å²) in [6.07, 6.45) is -5.36. The maximum absolute atomic E-state index is 12.3. The van der Waals surface area contributed by atoms with Gasteiger partial charge in [-0.25, -0.2) is 4.79 Å². The number of aliphatic hydroxyl groups is 1. The fourth-order valence-electron chi connectivity index (χ4n) is 1.29. The van der Waals surface area contributed by atoms with Gasteiger partial charge in [-0.1, -0.05) is 0 Å². The van der Waals surface area contributed by atoms with Crippen molar-refractivity contribution in [3.8, 4) is 5.75 Å². The van der Waals surface area contributed by atoms with Crippen LogP contribution in [-0.2, 0) is 6.18 Å². The normalized spacial score (nSPS) is 12.7. The van der Waals surface area contributed by atoms with Gasteiger partial charge in [0.05, 0.1) is 5.56 Å². The first kappa shape index (κ1) is 16.1. The second kappa shape index (κ2) is 6.99. The van der Waals surface area contributed by atoms with E-state index in [1.165, 1.54) is 19.2 Å². The quantitative estimate of drug-likeness (QED) is 0.767. The minimum atomic E-state index is -4.39. The Hall–Kier alpha value is -1.96. The fraction of sp³-hybridized carbons (Fsp3) is 0.417. The summed E-state index contributed by atoms with van der Waals surface area (Å²) < 4.78 is 42.1. The van der Waals surface area contributed by atoms with Gasteiger partial charge in [-0.3, -0.25) is 0 Å². The van der Waals surface area contributed by atoms with Crippen LogP contribution in [0.4, 0.5) is 18.0 Å². The number of nitrogens with one attached hydrogen (secondary N) is 2. The molecule has 1 rings (SSSR count). The largest absolute Gasteiger partial charge is 0.491 e. The third kappa shape index (κ3) is 5.35. The molecule has 1 aromatic carbocycles. The van der Waals surface area contributed by atoms with Crippen molar-refractivity contribution in [3.05, 3.63) is 29.8 Å². The molecular weight excluding hydrogens is 277 g/mol. The first-order valence-corrected chi connectivity index (χ1v) is 5.76. The number of carbonyl (C=O) groups is 1. The molecule has 2 amide bonds. The van der Waals surface area contributed by atoms with E-state index in [-0.39, 0.29) is 18.9 Å². The molecule has 1 atom stereocenters. The molecule has 0 aliphatic carbocycles. The van der Waals surface area contributed by atoms with Crippen molar-refractivity contribution in [2.45, 2.75) is 12.3 Å². The molecule has 5 nitrogen and oxygen atoms in total. The first-order valence-electron chi connectivity index (χ1n) is 5.76. The molecule has 0 radical (unpaired) electrons. The molecule has 0 spiro atoms. The highest BCUT2D eigenvalue weighted by molar-refractivity contribution is 5.73. The van der Waals surface area contributed by atoms with Gasteiger partial charge >= 0.3 is 12.2 Å². The zero-order valence-corrected chi connectivity index (χ0v) is 10.7. The molecule has 3 N–H and O–H groups in total. The molecule has 0 saturated carbocycles. The predicted octanol–water partition coefficient (Wildman–Crippen LogP) is 1.37. The number of alkyl halides is 3. The summed E-state index contributed by atoms with van der Waals surface area (Å²) >= 11 is 0. The predicted molar refractivity (Wildman–Crippen MR) is 65.4 cm³/mol. The number of urea groups is 1. The van der Waals surface area contributed by atoms with E-state index >= 15 is 0 Å². The van der Waals surface area contributed by atoms with Crippen LogP contribution in [0.15, 0.2) is 24.3 Å². The van der Waals surface area contributed by atoms with Crippen LogP contribution in [0.5, 0.6) is 5.75 Å². The van der Waals surface area contributed by atoms with E-state index in [0.29, 0.717) is 0 Å². The van der Waals surface area contributed by atoms with Gasteiger partial charge in [0.2, 0.25) is 0 Å². The Morgan fingerprint density at radius 2 is 1.95 bits per heavy atom. The van der Waals surface area contributed by atoms with Crippen molar-refractivity contribution in [3.63, 3.8) is 0 Å². The molecule has 8 heteroatoms. The SMILES string of the molecule is CNC(=O)NC[C@H](O)COc1ccc(C(F)(F)F)cc1. The maximum Gasteiger partial charge on any atom is 0.416 e. The number of benzene rings is 1. The summed E-state index contributed by atoms with van der Waals surface area (Å²) in [4.78, 5) is 10.8. The Labute approximate surface area is 113 Å². The van der Waals surface area contributed by atoms with Gasteiger partial charge in [0, 0.05) is 13.6 Å². The lowest BCUT2D eigenvalue weighted by molar-refractivity contribution is -0.137. The molecule has 20 heavy (non-hydrogen) atoms. The number of halogens is 3. The fourth-order valence-corrected chi connectivity index (χ4v) is 1.29. The van der Waals surface area contributed by atoms with Gasteiger partial charge in [0.1, 0.15) is 18.5 Å². The molecule has 0 fully saturated rings. The Bertz CT molecular complexity index is 435. The van der Waals surface area contributed by atoms with E-state index in [0.717, 1.165) is 12.1 Å². The van der Waals surface area contributed by atoms with Crippen LogP contribution in [0.1, 0.15) is 5.56 Å². The van der Waals surface area contributed by atoms with E-state index in [1.807, 2.05) is 0 Å². The van der Waals surface area contributed by atoms with Crippen molar-refractivity contribution in [2.24, 2.45) is 0 Å². The summed E-state index contributed by atoms with van der Waals surface area (Å²) in [7, 11) is 1.43. The molecule has 1 aromatic rings. The number of amides is 2. The van der Waals surface area contributed by atoms with Gasteiger partial charge in [-0.2, -0.15) is 13.2 Å². The highest BCUT2D eigenvalue weighted by Gasteiger charge is 2.30. The lowest BCUT2D eigenvalue weighted by Gasteiger charge is -2.13. The van der Waals surface area contributed by atoms with Crippen LogP contribution in [0, 0.1) is 0 Å². The molecule has 0 heterocycles. The minimum absolute atomic E-state index is 0.0275. The van der Waals surface area contributed by atoms with Crippen molar-refractivity contribution >= 4 is 6.03 Å². The standard InChI is InChI=1S/C12H15F3N2O3/c1-16-11(19)17-6-9(18)7-20-10-4-2-8(3-5-10)12(13,14)15/h2-5,9,18H,6-7H2,1H3,(H2,16,17,19)/t9-/m0/s1. The van der Waals surface area contributed by atoms with Crippen LogP contribution >= 0.6 is 0 Å². The molecule has 112 valence electrons. The number of hydrogen-bond donors (Lipinski definition) is 3. The first-order chi connectivity index (χ1) is 9.32. The lowest BCUT2D eigenvalue weighted by atomic mass is 10.2. The third-order valence-corrected chi connectivity index (χ3v) is 2.35. The summed E-state index contributed by atoms with van der Waals surface area (Å²) in [5.74, 6) is 0.206. The van der Waals surface area contributed by atoms with Gasteiger partial charge in [-0.05, 0) is 24.3 Å². The van der Waals surface area contributed by atoms with Crippen LogP contribution in [0.2, 0.25) is 0 Å². The number of aliphatic hydroxyl groups excluding tert-OH is 1. The topological polar surface area (TPSA) is 70.6 Å². The Morgan fingerprint density at radius 1 is 1.35 bits per heavy atom. The molecule has 0 saturated heterocycles. The van der Waals surface area contributed by atoms with E-state index < -0.39 is 23.9 Å². The lowest BCUT2D eigenvalue weighted by Crippen LogP contribution is -2.39. The number of rotatable bonds is 5. The Balaban J connectivity index is 2.40.